The number of nitrogens with zero attached hydrogens (tertiary/aromatic N) is 1. The molecule has 0 fully saturated rings. The summed E-state index contributed by atoms with van der Waals surface area (Å²) in [4.78, 5) is 29.5. The number of rotatable bonds is 4. The molecule has 0 spiro atoms. The number of nitrogens with one attached hydrogen (secondary N) is 3. The maximum atomic E-state index is 12.6. The van der Waals surface area contributed by atoms with E-state index in [1.807, 2.05) is 48.5 Å². The first-order chi connectivity index (χ1) is 13.7. The number of fused-ring (bicyclic) bond motifs is 1. The van der Waals surface area contributed by atoms with Crippen LogP contribution < -0.4 is 16.0 Å². The number of carbonyl (C=O) groups excluding carboxylic acids is 2. The Labute approximate surface area is 165 Å². The Balaban J connectivity index is 1.43. The first-order valence-electron chi connectivity index (χ1n) is 8.57. The summed E-state index contributed by atoms with van der Waals surface area (Å²) in [6, 6.07) is 21.5. The Hall–Kier alpha value is -3.71. The van der Waals surface area contributed by atoms with Gasteiger partial charge in [-0.25, -0.2) is 4.79 Å². The molecule has 7 heteroatoms. The number of urea groups is 1. The van der Waals surface area contributed by atoms with Crippen LogP contribution in [-0.2, 0) is 0 Å². The highest BCUT2D eigenvalue weighted by Gasteiger charge is 2.12. The van der Waals surface area contributed by atoms with E-state index in [2.05, 4.69) is 20.9 Å². The summed E-state index contributed by atoms with van der Waals surface area (Å²) < 4.78 is 0. The maximum absolute atomic E-state index is 12.6. The second-order valence-electron chi connectivity index (χ2n) is 5.94. The third kappa shape index (κ3) is 3.99. The van der Waals surface area contributed by atoms with Crippen LogP contribution in [0.4, 0.5) is 21.2 Å². The Morgan fingerprint density at radius 1 is 0.786 bits per heavy atom. The molecule has 0 radical (unpaired) electrons. The summed E-state index contributed by atoms with van der Waals surface area (Å²) in [6.07, 6.45) is 1.71. The predicted molar refractivity (Wildman–Crippen MR) is 113 cm³/mol. The molecule has 2 aromatic carbocycles. The lowest BCUT2D eigenvalue weighted by Crippen LogP contribution is -2.18. The number of amides is 3. The molecule has 2 heterocycles. The number of carbonyl (C=O) groups is 2. The van der Waals surface area contributed by atoms with Crippen molar-refractivity contribution in [2.75, 3.05) is 16.0 Å². The van der Waals surface area contributed by atoms with Gasteiger partial charge in [-0.2, -0.15) is 0 Å². The average Bonchev–Trinajstić information content (AvgIpc) is 3.17. The van der Waals surface area contributed by atoms with Crippen LogP contribution >= 0.6 is 11.3 Å². The van der Waals surface area contributed by atoms with Crippen molar-refractivity contribution in [3.63, 3.8) is 0 Å². The minimum atomic E-state index is -0.361. The van der Waals surface area contributed by atoms with Crippen molar-refractivity contribution in [1.82, 2.24) is 4.98 Å². The molecule has 0 saturated carbocycles. The third-order valence-electron chi connectivity index (χ3n) is 3.99. The van der Waals surface area contributed by atoms with Gasteiger partial charge < -0.3 is 10.6 Å². The van der Waals surface area contributed by atoms with Gasteiger partial charge in [-0.15, -0.1) is 11.3 Å². The molecule has 4 aromatic rings. The van der Waals surface area contributed by atoms with Gasteiger partial charge in [0.25, 0.3) is 5.91 Å². The molecule has 0 bridgehead atoms. The summed E-state index contributed by atoms with van der Waals surface area (Å²) >= 11 is 1.20. The van der Waals surface area contributed by atoms with Gasteiger partial charge in [-0.1, -0.05) is 24.3 Å². The van der Waals surface area contributed by atoms with Gasteiger partial charge in [0.2, 0.25) is 0 Å². The van der Waals surface area contributed by atoms with E-state index in [1.165, 1.54) is 11.3 Å². The molecule has 0 unspecified atom stereocenters. The molecule has 4 rings (SSSR count). The van der Waals surface area contributed by atoms with Crippen LogP contribution in [0.5, 0.6) is 0 Å². The molecular formula is C21H16N4O2S. The second-order valence-corrected chi connectivity index (χ2v) is 7.02. The topological polar surface area (TPSA) is 83.1 Å². The van der Waals surface area contributed by atoms with Gasteiger partial charge in [0, 0.05) is 17.3 Å². The molecule has 28 heavy (non-hydrogen) atoms. The quantitative estimate of drug-likeness (QED) is 0.450. The van der Waals surface area contributed by atoms with E-state index in [4.69, 9.17) is 0 Å². The molecular weight excluding hydrogens is 372 g/mol. The van der Waals surface area contributed by atoms with Crippen molar-refractivity contribution < 1.29 is 9.59 Å². The Kier molecular flexibility index (Phi) is 4.99. The molecule has 3 N–H and O–H groups in total. The van der Waals surface area contributed by atoms with Crippen LogP contribution in [0.2, 0.25) is 0 Å². The van der Waals surface area contributed by atoms with Crippen molar-refractivity contribution in [2.45, 2.75) is 0 Å². The molecule has 0 atom stereocenters. The second kappa shape index (κ2) is 7.89. The minimum absolute atomic E-state index is 0.238. The SMILES string of the molecule is O=C(Nc1ccccc1)Nc1ccc(C(=O)Nc2cccc3ncccc23)s1. The zero-order valence-corrected chi connectivity index (χ0v) is 15.5. The number of benzene rings is 2. The molecule has 6 nitrogen and oxygen atoms in total. The molecule has 138 valence electrons. The van der Waals surface area contributed by atoms with Crippen LogP contribution in [0.15, 0.2) is 79.0 Å². The molecule has 2 aromatic heterocycles. The molecule has 3 amide bonds. The third-order valence-corrected chi connectivity index (χ3v) is 4.99. The Morgan fingerprint density at radius 2 is 1.64 bits per heavy atom. The molecule has 0 aliphatic rings. The lowest BCUT2D eigenvalue weighted by Gasteiger charge is -2.07. The highest BCUT2D eigenvalue weighted by atomic mass is 32.1. The van der Waals surface area contributed by atoms with E-state index in [-0.39, 0.29) is 11.9 Å². The number of para-hydroxylation sites is 1. The minimum Gasteiger partial charge on any atom is -0.321 e. The molecule has 0 aliphatic carbocycles. The van der Waals surface area contributed by atoms with E-state index < -0.39 is 0 Å². The monoisotopic (exact) mass is 388 g/mol. The van der Waals surface area contributed by atoms with Crippen molar-refractivity contribution in [1.29, 1.82) is 0 Å². The summed E-state index contributed by atoms with van der Waals surface area (Å²) in [6.45, 7) is 0. The van der Waals surface area contributed by atoms with Crippen LogP contribution in [0, 0.1) is 0 Å². The lowest BCUT2D eigenvalue weighted by molar-refractivity contribution is 0.103. The van der Waals surface area contributed by atoms with Gasteiger partial charge in [-0.05, 0) is 48.5 Å². The zero-order valence-electron chi connectivity index (χ0n) is 14.7. The van der Waals surface area contributed by atoms with E-state index in [0.29, 0.717) is 21.3 Å². The number of aromatic nitrogens is 1. The zero-order chi connectivity index (χ0) is 19.3. The highest BCUT2D eigenvalue weighted by molar-refractivity contribution is 7.18. The first-order valence-corrected chi connectivity index (χ1v) is 9.39. The van der Waals surface area contributed by atoms with E-state index >= 15 is 0 Å². The Bertz CT molecular complexity index is 1140. The summed E-state index contributed by atoms with van der Waals surface area (Å²) in [5.41, 5.74) is 2.20. The van der Waals surface area contributed by atoms with Crippen LogP contribution in [-0.4, -0.2) is 16.9 Å². The van der Waals surface area contributed by atoms with Crippen molar-refractivity contribution in [3.05, 3.63) is 83.9 Å². The van der Waals surface area contributed by atoms with E-state index in [9.17, 15) is 9.59 Å². The summed E-state index contributed by atoms with van der Waals surface area (Å²) in [5.74, 6) is -0.238. The van der Waals surface area contributed by atoms with Crippen LogP contribution in [0.1, 0.15) is 9.67 Å². The fourth-order valence-corrected chi connectivity index (χ4v) is 3.52. The largest absolute Gasteiger partial charge is 0.324 e. The van der Waals surface area contributed by atoms with E-state index in [0.717, 1.165) is 10.9 Å². The fraction of sp³-hybridized carbons (Fsp3) is 0. The van der Waals surface area contributed by atoms with Crippen molar-refractivity contribution in [2.24, 2.45) is 0 Å². The standard InChI is InChI=1S/C21H16N4O2S/c26-20(24-17-10-4-9-16-15(17)8-5-13-22-16)18-11-12-19(28-18)25-21(27)23-14-6-2-1-3-7-14/h1-13H,(H,24,26)(H2,23,25,27). The number of anilines is 3. The number of thiophene rings is 1. The van der Waals surface area contributed by atoms with Gasteiger partial charge in [-0.3, -0.25) is 15.1 Å². The first kappa shape index (κ1) is 17.7. The predicted octanol–water partition coefficient (Wildman–Crippen LogP) is 5.19. The normalized spacial score (nSPS) is 10.4. The van der Waals surface area contributed by atoms with Gasteiger partial charge >= 0.3 is 6.03 Å². The smallest absolute Gasteiger partial charge is 0.321 e. The van der Waals surface area contributed by atoms with Gasteiger partial charge in [0.05, 0.1) is 21.1 Å². The van der Waals surface area contributed by atoms with Crippen molar-refractivity contribution >= 4 is 50.6 Å². The Morgan fingerprint density at radius 3 is 2.50 bits per heavy atom. The summed E-state index contributed by atoms with van der Waals surface area (Å²) in [7, 11) is 0. The molecule has 0 saturated heterocycles. The maximum Gasteiger partial charge on any atom is 0.324 e. The lowest BCUT2D eigenvalue weighted by atomic mass is 10.2. The van der Waals surface area contributed by atoms with Crippen LogP contribution in [0.3, 0.4) is 0 Å². The number of hydrogen-bond donors (Lipinski definition) is 3. The number of hydrogen-bond acceptors (Lipinski definition) is 4. The van der Waals surface area contributed by atoms with Crippen LogP contribution in [0.25, 0.3) is 10.9 Å². The highest BCUT2D eigenvalue weighted by Crippen LogP contribution is 2.26. The average molecular weight is 388 g/mol. The molecule has 0 aliphatic heterocycles. The van der Waals surface area contributed by atoms with Gasteiger partial charge in [0.1, 0.15) is 0 Å². The fourth-order valence-electron chi connectivity index (χ4n) is 2.72. The number of pyridine rings is 1. The summed E-state index contributed by atoms with van der Waals surface area (Å²) in [5, 5.41) is 9.84. The van der Waals surface area contributed by atoms with Crippen molar-refractivity contribution in [3.8, 4) is 0 Å². The van der Waals surface area contributed by atoms with E-state index in [1.54, 1.807) is 30.5 Å². The van der Waals surface area contributed by atoms with Gasteiger partial charge in [0.15, 0.2) is 0 Å².